The van der Waals surface area contributed by atoms with Crippen molar-refractivity contribution in [2.45, 2.75) is 25.7 Å². The lowest BCUT2D eigenvalue weighted by atomic mass is 10.4. The molecule has 10 heavy (non-hydrogen) atoms. The molecule has 0 spiro atoms. The minimum Gasteiger partial charge on any atom is -0.369 e. The molecular formula is C8H12OSi. The van der Waals surface area contributed by atoms with Crippen LogP contribution < -0.4 is 0 Å². The van der Waals surface area contributed by atoms with E-state index in [1.165, 1.54) is 0 Å². The first-order chi connectivity index (χ1) is 4.45. The van der Waals surface area contributed by atoms with Crippen LogP contribution in [0.1, 0.15) is 0 Å². The van der Waals surface area contributed by atoms with Crippen LogP contribution in [0.2, 0.25) is 19.6 Å². The second-order valence-corrected chi connectivity index (χ2v) is 7.84. The van der Waals surface area contributed by atoms with E-state index in [1.54, 1.807) is 0 Å². The van der Waals surface area contributed by atoms with Crippen molar-refractivity contribution < 1.29 is 5.11 Å². The monoisotopic (exact) mass is 152 g/mol. The van der Waals surface area contributed by atoms with Crippen LogP contribution in [0.5, 0.6) is 0 Å². The largest absolute Gasteiger partial charge is 0.369 e. The summed E-state index contributed by atoms with van der Waals surface area (Å²) in [7, 11) is -1.35. The Balaban J connectivity index is 4.08. The Bertz CT molecular complexity index is 196. The Morgan fingerprint density at radius 1 is 1.40 bits per heavy atom. The Hall–Kier alpha value is -0.703. The van der Waals surface area contributed by atoms with E-state index in [2.05, 4.69) is 37.0 Å². The normalized spacial score (nSPS) is 12.7. The SMILES string of the molecule is C#CC(O)C#C[Si](C)(C)C. The number of aliphatic hydroxyl groups is 1. The van der Waals surface area contributed by atoms with Gasteiger partial charge < -0.3 is 5.11 Å². The van der Waals surface area contributed by atoms with Crippen molar-refractivity contribution in [2.24, 2.45) is 0 Å². The first kappa shape index (κ1) is 9.30. The van der Waals surface area contributed by atoms with Crippen LogP contribution in [0.25, 0.3) is 0 Å². The molecule has 1 nitrogen and oxygen atoms in total. The summed E-state index contributed by atoms with van der Waals surface area (Å²) in [4.78, 5) is 0. The van der Waals surface area contributed by atoms with E-state index in [0.717, 1.165) is 0 Å². The highest BCUT2D eigenvalue weighted by Crippen LogP contribution is 1.96. The lowest BCUT2D eigenvalue weighted by molar-refractivity contribution is 0.290. The molecule has 54 valence electrons. The Kier molecular flexibility index (Phi) is 3.22. The van der Waals surface area contributed by atoms with Gasteiger partial charge in [-0.05, 0) is 0 Å². The third kappa shape index (κ3) is 5.43. The van der Waals surface area contributed by atoms with Crippen molar-refractivity contribution in [1.29, 1.82) is 0 Å². The Morgan fingerprint density at radius 2 is 1.90 bits per heavy atom. The molecule has 0 bridgehead atoms. The zero-order chi connectivity index (χ0) is 8.20. The highest BCUT2D eigenvalue weighted by molar-refractivity contribution is 6.83. The number of hydrogen-bond donors (Lipinski definition) is 1. The third-order valence-electron chi connectivity index (χ3n) is 0.742. The summed E-state index contributed by atoms with van der Waals surface area (Å²) in [6.07, 6.45) is 4.03. The van der Waals surface area contributed by atoms with Gasteiger partial charge in [0.15, 0.2) is 6.10 Å². The molecule has 2 heteroatoms. The van der Waals surface area contributed by atoms with Gasteiger partial charge in [0.25, 0.3) is 0 Å². The number of aliphatic hydroxyl groups excluding tert-OH is 1. The molecule has 0 aliphatic rings. The first-order valence-electron chi connectivity index (χ1n) is 3.12. The zero-order valence-electron chi connectivity index (χ0n) is 6.60. The molecule has 1 unspecified atom stereocenters. The van der Waals surface area contributed by atoms with E-state index < -0.39 is 14.2 Å². The fourth-order valence-corrected chi connectivity index (χ4v) is 0.896. The number of rotatable bonds is 0. The van der Waals surface area contributed by atoms with E-state index in [4.69, 9.17) is 11.5 Å². The summed E-state index contributed by atoms with van der Waals surface area (Å²) in [6.45, 7) is 6.30. The molecule has 0 aromatic rings. The van der Waals surface area contributed by atoms with Crippen LogP contribution in [0, 0.1) is 23.8 Å². The van der Waals surface area contributed by atoms with E-state index >= 15 is 0 Å². The van der Waals surface area contributed by atoms with Crippen molar-refractivity contribution in [3.63, 3.8) is 0 Å². The molecule has 0 heterocycles. The van der Waals surface area contributed by atoms with Gasteiger partial charge in [-0.3, -0.25) is 0 Å². The third-order valence-corrected chi connectivity index (χ3v) is 1.64. The van der Waals surface area contributed by atoms with Crippen molar-refractivity contribution >= 4 is 8.07 Å². The standard InChI is InChI=1S/C8H12OSi/c1-5-8(9)6-7-10(2,3)4/h1,8-9H,2-4H3. The molecule has 0 radical (unpaired) electrons. The van der Waals surface area contributed by atoms with Crippen LogP contribution in [-0.4, -0.2) is 19.3 Å². The molecule has 0 saturated heterocycles. The van der Waals surface area contributed by atoms with Crippen LogP contribution in [0.3, 0.4) is 0 Å². The smallest absolute Gasteiger partial charge is 0.175 e. The molecule has 0 aromatic heterocycles. The molecule has 0 amide bonds. The van der Waals surface area contributed by atoms with Crippen LogP contribution in [0.4, 0.5) is 0 Å². The second kappa shape index (κ2) is 3.46. The zero-order valence-corrected chi connectivity index (χ0v) is 7.60. The molecule has 0 rings (SSSR count). The molecule has 1 N–H and O–H groups in total. The van der Waals surface area contributed by atoms with E-state index in [9.17, 15) is 0 Å². The average Bonchev–Trinajstić information content (AvgIpc) is 1.81. The summed E-state index contributed by atoms with van der Waals surface area (Å²) in [5, 5.41) is 8.83. The fourth-order valence-electron chi connectivity index (χ4n) is 0.327. The van der Waals surface area contributed by atoms with Crippen molar-refractivity contribution in [3.05, 3.63) is 0 Å². The lowest BCUT2D eigenvalue weighted by Crippen LogP contribution is -2.17. The molecule has 0 saturated carbocycles. The quantitative estimate of drug-likeness (QED) is 0.403. The Morgan fingerprint density at radius 3 is 2.20 bits per heavy atom. The van der Waals surface area contributed by atoms with E-state index in [0.29, 0.717) is 0 Å². The van der Waals surface area contributed by atoms with E-state index in [-0.39, 0.29) is 0 Å². The predicted octanol–water partition coefficient (Wildman–Crippen LogP) is 0.861. The highest BCUT2D eigenvalue weighted by atomic mass is 28.3. The fraction of sp³-hybridized carbons (Fsp3) is 0.500. The van der Waals surface area contributed by atoms with Gasteiger partial charge in [0.1, 0.15) is 8.07 Å². The molecule has 1 atom stereocenters. The van der Waals surface area contributed by atoms with Crippen LogP contribution in [-0.2, 0) is 0 Å². The van der Waals surface area contributed by atoms with Crippen molar-refractivity contribution in [3.8, 4) is 23.8 Å². The summed E-state index contributed by atoms with van der Waals surface area (Å²) in [5.41, 5.74) is 2.97. The van der Waals surface area contributed by atoms with Gasteiger partial charge in [-0.2, -0.15) is 0 Å². The average molecular weight is 152 g/mol. The lowest BCUT2D eigenvalue weighted by Gasteiger charge is -2.03. The number of hydrogen-bond acceptors (Lipinski definition) is 1. The maximum Gasteiger partial charge on any atom is 0.175 e. The maximum absolute atomic E-state index is 8.83. The van der Waals surface area contributed by atoms with Crippen LogP contribution in [0.15, 0.2) is 0 Å². The molecule has 0 fully saturated rings. The van der Waals surface area contributed by atoms with Crippen molar-refractivity contribution in [1.82, 2.24) is 0 Å². The Labute approximate surface area is 63.5 Å². The minimum absolute atomic E-state index is 0.883. The van der Waals surface area contributed by atoms with Gasteiger partial charge in [-0.1, -0.05) is 31.5 Å². The summed E-state index contributed by atoms with van der Waals surface area (Å²) >= 11 is 0. The molecular weight excluding hydrogens is 140 g/mol. The minimum atomic E-state index is -1.35. The summed E-state index contributed by atoms with van der Waals surface area (Å²) in [5.74, 6) is 4.75. The predicted molar refractivity (Wildman–Crippen MR) is 46.0 cm³/mol. The van der Waals surface area contributed by atoms with Gasteiger partial charge in [0.2, 0.25) is 0 Å². The van der Waals surface area contributed by atoms with Gasteiger partial charge in [0.05, 0.1) is 0 Å². The molecule has 0 aromatic carbocycles. The van der Waals surface area contributed by atoms with Crippen LogP contribution >= 0.6 is 0 Å². The second-order valence-electron chi connectivity index (χ2n) is 3.09. The first-order valence-corrected chi connectivity index (χ1v) is 6.62. The van der Waals surface area contributed by atoms with Gasteiger partial charge in [-0.15, -0.1) is 12.0 Å². The highest BCUT2D eigenvalue weighted by Gasteiger charge is 2.07. The molecule has 0 aliphatic carbocycles. The summed E-state index contributed by atoms with van der Waals surface area (Å²) in [6, 6.07) is 0. The van der Waals surface area contributed by atoms with Crippen molar-refractivity contribution in [2.75, 3.05) is 0 Å². The van der Waals surface area contributed by atoms with E-state index in [1.807, 2.05) is 0 Å². The van der Waals surface area contributed by atoms with Gasteiger partial charge in [-0.25, -0.2) is 0 Å². The topological polar surface area (TPSA) is 20.2 Å². The van der Waals surface area contributed by atoms with Gasteiger partial charge in [0, 0.05) is 0 Å². The molecule has 0 aliphatic heterocycles. The summed E-state index contributed by atoms with van der Waals surface area (Å²) < 4.78 is 0. The van der Waals surface area contributed by atoms with Gasteiger partial charge >= 0.3 is 0 Å². The number of terminal acetylenes is 1. The maximum atomic E-state index is 8.83.